The maximum atomic E-state index is 12.0. The fourth-order valence-corrected chi connectivity index (χ4v) is 2.45. The second-order valence-electron chi connectivity index (χ2n) is 5.13. The Kier molecular flexibility index (Phi) is 4.31. The van der Waals surface area contributed by atoms with Gasteiger partial charge in [0.1, 0.15) is 0 Å². The molecule has 1 aliphatic carbocycles. The molecule has 0 unspecified atom stereocenters. The van der Waals surface area contributed by atoms with E-state index in [9.17, 15) is 4.79 Å². The molecule has 1 saturated carbocycles. The van der Waals surface area contributed by atoms with Gasteiger partial charge >= 0.3 is 0 Å². The lowest BCUT2D eigenvalue weighted by Gasteiger charge is -2.26. The van der Waals surface area contributed by atoms with Gasteiger partial charge in [0.25, 0.3) is 5.91 Å². The van der Waals surface area contributed by atoms with E-state index < -0.39 is 0 Å². The van der Waals surface area contributed by atoms with Crippen LogP contribution in [0.25, 0.3) is 0 Å². The smallest absolute Gasteiger partial charge is 0.253 e. The zero-order chi connectivity index (χ0) is 13.0. The van der Waals surface area contributed by atoms with Gasteiger partial charge in [0.15, 0.2) is 0 Å². The van der Waals surface area contributed by atoms with Gasteiger partial charge in [-0.05, 0) is 50.7 Å². The average Bonchev–Trinajstić information content (AvgIpc) is 2.38. The maximum Gasteiger partial charge on any atom is 0.253 e. The summed E-state index contributed by atoms with van der Waals surface area (Å²) in [6.45, 7) is 2.61. The van der Waals surface area contributed by atoms with E-state index in [1.54, 1.807) is 12.3 Å². The molecule has 0 bridgehead atoms. The lowest BCUT2D eigenvalue weighted by atomic mass is 9.86. The third kappa shape index (κ3) is 3.29. The summed E-state index contributed by atoms with van der Waals surface area (Å²) in [6, 6.07) is 3.97. The highest BCUT2D eigenvalue weighted by Crippen LogP contribution is 2.22. The normalized spacial score (nSPS) is 23.7. The van der Waals surface area contributed by atoms with Gasteiger partial charge < -0.3 is 11.1 Å². The van der Waals surface area contributed by atoms with E-state index in [0.717, 1.165) is 37.9 Å². The maximum absolute atomic E-state index is 12.0. The molecule has 2 rings (SSSR count). The predicted octanol–water partition coefficient (Wildman–Crippen LogP) is 1.64. The fraction of sp³-hybridized carbons (Fsp3) is 0.571. The molecular weight excluding hydrogens is 226 g/mol. The molecule has 0 saturated heterocycles. The van der Waals surface area contributed by atoms with Crippen molar-refractivity contribution in [2.45, 2.75) is 38.6 Å². The molecule has 4 nitrogen and oxygen atoms in total. The van der Waals surface area contributed by atoms with Crippen LogP contribution in [0.15, 0.2) is 18.3 Å². The first-order chi connectivity index (χ1) is 8.66. The van der Waals surface area contributed by atoms with Crippen molar-refractivity contribution in [3.05, 3.63) is 29.6 Å². The average molecular weight is 247 g/mol. The number of hydrogen-bond donors (Lipinski definition) is 2. The number of carbonyl (C=O) groups is 1. The van der Waals surface area contributed by atoms with Gasteiger partial charge in [0.2, 0.25) is 0 Å². The van der Waals surface area contributed by atoms with E-state index in [1.807, 2.05) is 13.0 Å². The summed E-state index contributed by atoms with van der Waals surface area (Å²) in [7, 11) is 0. The minimum absolute atomic E-state index is 0.0181. The highest BCUT2D eigenvalue weighted by atomic mass is 16.1. The number of nitrogens with one attached hydrogen (secondary N) is 1. The van der Waals surface area contributed by atoms with E-state index >= 15 is 0 Å². The molecular formula is C14H21N3O. The van der Waals surface area contributed by atoms with Gasteiger partial charge in [-0.3, -0.25) is 9.78 Å². The summed E-state index contributed by atoms with van der Waals surface area (Å²) < 4.78 is 0. The van der Waals surface area contributed by atoms with Crippen LogP contribution in [0.1, 0.15) is 41.7 Å². The number of pyridine rings is 1. The van der Waals surface area contributed by atoms with E-state index in [2.05, 4.69) is 10.3 Å². The molecule has 0 aliphatic heterocycles. The third-order valence-corrected chi connectivity index (χ3v) is 3.69. The van der Waals surface area contributed by atoms with Crippen LogP contribution in [0.3, 0.4) is 0 Å². The first-order valence-corrected chi connectivity index (χ1v) is 6.62. The van der Waals surface area contributed by atoms with Crippen LogP contribution in [0.2, 0.25) is 0 Å². The monoisotopic (exact) mass is 247 g/mol. The van der Waals surface area contributed by atoms with Crippen molar-refractivity contribution in [3.8, 4) is 0 Å². The molecule has 1 aromatic rings. The molecule has 1 aliphatic rings. The quantitative estimate of drug-likeness (QED) is 0.853. The van der Waals surface area contributed by atoms with Crippen molar-refractivity contribution in [1.29, 1.82) is 0 Å². The Morgan fingerprint density at radius 2 is 2.17 bits per heavy atom. The topological polar surface area (TPSA) is 68.0 Å². The number of aromatic nitrogens is 1. The standard InChI is InChI=1S/C14H21N3O/c1-10-13(3-2-8-16-10)14(18)17-9-11-4-6-12(15)7-5-11/h2-3,8,11-12H,4-7,9,15H2,1H3,(H,17,18). The van der Waals surface area contributed by atoms with Crippen LogP contribution in [-0.4, -0.2) is 23.5 Å². The van der Waals surface area contributed by atoms with Gasteiger partial charge in [0, 0.05) is 24.5 Å². The highest BCUT2D eigenvalue weighted by molar-refractivity contribution is 5.95. The number of hydrogen-bond acceptors (Lipinski definition) is 3. The van der Waals surface area contributed by atoms with Crippen molar-refractivity contribution in [1.82, 2.24) is 10.3 Å². The molecule has 3 N–H and O–H groups in total. The lowest BCUT2D eigenvalue weighted by molar-refractivity contribution is 0.0942. The number of amides is 1. The molecule has 0 spiro atoms. The summed E-state index contributed by atoms with van der Waals surface area (Å²) in [5, 5.41) is 3.00. The lowest BCUT2D eigenvalue weighted by Crippen LogP contribution is -2.34. The molecule has 0 aromatic carbocycles. The van der Waals surface area contributed by atoms with Gasteiger partial charge in [-0.1, -0.05) is 0 Å². The summed E-state index contributed by atoms with van der Waals surface area (Å²) in [5.74, 6) is 0.557. The molecule has 4 heteroatoms. The summed E-state index contributed by atoms with van der Waals surface area (Å²) in [6.07, 6.45) is 6.09. The second-order valence-corrected chi connectivity index (χ2v) is 5.13. The number of aryl methyl sites for hydroxylation is 1. The van der Waals surface area contributed by atoms with Crippen LogP contribution < -0.4 is 11.1 Å². The Balaban J connectivity index is 1.84. The zero-order valence-corrected chi connectivity index (χ0v) is 10.9. The van der Waals surface area contributed by atoms with Gasteiger partial charge in [0.05, 0.1) is 5.56 Å². The van der Waals surface area contributed by atoms with Gasteiger partial charge in [-0.15, -0.1) is 0 Å². The van der Waals surface area contributed by atoms with E-state index in [0.29, 0.717) is 17.5 Å². The fourth-order valence-electron chi connectivity index (χ4n) is 2.45. The SMILES string of the molecule is Cc1ncccc1C(=O)NCC1CCC(N)CC1. The van der Waals surface area contributed by atoms with E-state index in [4.69, 9.17) is 5.73 Å². The van der Waals surface area contributed by atoms with Gasteiger partial charge in [-0.2, -0.15) is 0 Å². The Morgan fingerprint density at radius 1 is 1.44 bits per heavy atom. The largest absolute Gasteiger partial charge is 0.352 e. The molecule has 1 fully saturated rings. The Hall–Kier alpha value is -1.42. The van der Waals surface area contributed by atoms with E-state index in [1.165, 1.54) is 0 Å². The van der Waals surface area contributed by atoms with Crippen LogP contribution in [0.5, 0.6) is 0 Å². The number of carbonyl (C=O) groups excluding carboxylic acids is 1. The molecule has 0 atom stereocenters. The predicted molar refractivity (Wildman–Crippen MR) is 71.2 cm³/mol. The highest BCUT2D eigenvalue weighted by Gasteiger charge is 2.19. The van der Waals surface area contributed by atoms with Crippen molar-refractivity contribution in [3.63, 3.8) is 0 Å². The molecule has 0 radical (unpaired) electrons. The van der Waals surface area contributed by atoms with Gasteiger partial charge in [-0.25, -0.2) is 0 Å². The van der Waals surface area contributed by atoms with E-state index in [-0.39, 0.29) is 5.91 Å². The van der Waals surface area contributed by atoms with Crippen LogP contribution in [0.4, 0.5) is 0 Å². The summed E-state index contributed by atoms with van der Waals surface area (Å²) in [4.78, 5) is 16.1. The minimum Gasteiger partial charge on any atom is -0.352 e. The van der Waals surface area contributed by atoms with Crippen molar-refractivity contribution in [2.75, 3.05) is 6.54 Å². The Morgan fingerprint density at radius 3 is 2.83 bits per heavy atom. The number of nitrogens with two attached hydrogens (primary N) is 1. The number of nitrogens with zero attached hydrogens (tertiary/aromatic N) is 1. The molecule has 98 valence electrons. The molecule has 1 heterocycles. The zero-order valence-electron chi connectivity index (χ0n) is 10.9. The molecule has 1 aromatic heterocycles. The van der Waals surface area contributed by atoms with Crippen molar-refractivity contribution >= 4 is 5.91 Å². The van der Waals surface area contributed by atoms with Crippen molar-refractivity contribution in [2.24, 2.45) is 11.7 Å². The summed E-state index contributed by atoms with van der Waals surface area (Å²) in [5.41, 5.74) is 7.32. The van der Waals surface area contributed by atoms with Crippen molar-refractivity contribution < 1.29 is 4.79 Å². The Bertz CT molecular complexity index is 411. The Labute approximate surface area is 108 Å². The first kappa shape index (κ1) is 13.0. The second kappa shape index (κ2) is 5.96. The minimum atomic E-state index is -0.0181. The first-order valence-electron chi connectivity index (χ1n) is 6.62. The summed E-state index contributed by atoms with van der Waals surface area (Å²) >= 11 is 0. The van der Waals surface area contributed by atoms with Crippen LogP contribution >= 0.6 is 0 Å². The van der Waals surface area contributed by atoms with Crippen LogP contribution in [0, 0.1) is 12.8 Å². The van der Waals surface area contributed by atoms with Crippen LogP contribution in [-0.2, 0) is 0 Å². The third-order valence-electron chi connectivity index (χ3n) is 3.69. The number of rotatable bonds is 3. The molecule has 1 amide bonds. The molecule has 18 heavy (non-hydrogen) atoms.